The van der Waals surface area contributed by atoms with E-state index in [0.29, 0.717) is 12.5 Å². The normalized spacial score (nSPS) is 12.0. The van der Waals surface area contributed by atoms with Crippen molar-refractivity contribution in [2.75, 3.05) is 11.9 Å². The first kappa shape index (κ1) is 19.8. The SMILES string of the molecule is CC(C)[C@@H]([NH2+]CC(=O)Nc1ccccc1Cc1ccccc1)c1ccccc1. The summed E-state index contributed by atoms with van der Waals surface area (Å²) in [5.74, 6) is 0.475. The molecule has 0 saturated heterocycles. The molecule has 0 saturated carbocycles. The molecule has 3 nitrogen and oxygen atoms in total. The minimum absolute atomic E-state index is 0.0297. The zero-order valence-electron chi connectivity index (χ0n) is 16.6. The summed E-state index contributed by atoms with van der Waals surface area (Å²) in [5.41, 5.74) is 4.52. The van der Waals surface area contributed by atoms with Gasteiger partial charge in [-0.25, -0.2) is 0 Å². The Morgan fingerprint density at radius 1 is 0.857 bits per heavy atom. The Morgan fingerprint density at radius 2 is 1.46 bits per heavy atom. The Labute approximate surface area is 167 Å². The van der Waals surface area contributed by atoms with E-state index in [1.165, 1.54) is 11.1 Å². The van der Waals surface area contributed by atoms with Gasteiger partial charge in [0, 0.05) is 17.2 Å². The first-order chi connectivity index (χ1) is 13.6. The molecule has 144 valence electrons. The summed E-state index contributed by atoms with van der Waals surface area (Å²) >= 11 is 0. The number of nitrogens with one attached hydrogen (secondary N) is 1. The summed E-state index contributed by atoms with van der Waals surface area (Å²) in [6.45, 7) is 4.79. The summed E-state index contributed by atoms with van der Waals surface area (Å²) in [7, 11) is 0. The monoisotopic (exact) mass is 373 g/mol. The summed E-state index contributed by atoms with van der Waals surface area (Å²) in [5, 5.41) is 5.24. The molecule has 3 heteroatoms. The molecule has 0 unspecified atom stereocenters. The van der Waals surface area contributed by atoms with Crippen LogP contribution in [-0.2, 0) is 11.2 Å². The molecule has 0 fully saturated rings. The van der Waals surface area contributed by atoms with Gasteiger partial charge in [0.2, 0.25) is 0 Å². The van der Waals surface area contributed by atoms with Crippen LogP contribution in [-0.4, -0.2) is 12.5 Å². The van der Waals surface area contributed by atoms with E-state index in [-0.39, 0.29) is 11.9 Å². The number of carbonyl (C=O) groups is 1. The molecule has 3 rings (SSSR count). The quantitative estimate of drug-likeness (QED) is 0.611. The number of rotatable bonds is 8. The van der Waals surface area contributed by atoms with Gasteiger partial charge in [0.05, 0.1) is 0 Å². The molecule has 28 heavy (non-hydrogen) atoms. The molecule has 0 spiro atoms. The molecule has 0 aliphatic heterocycles. The van der Waals surface area contributed by atoms with Gasteiger partial charge in [-0.2, -0.15) is 0 Å². The summed E-state index contributed by atoms with van der Waals surface area (Å²) in [6, 6.07) is 29.0. The Hall–Kier alpha value is -2.91. The lowest BCUT2D eigenvalue weighted by molar-refractivity contribution is -0.692. The highest BCUT2D eigenvalue weighted by Gasteiger charge is 2.20. The van der Waals surface area contributed by atoms with Crippen LogP contribution in [0, 0.1) is 5.92 Å². The number of hydrogen-bond donors (Lipinski definition) is 2. The Bertz CT molecular complexity index is 875. The fourth-order valence-corrected chi connectivity index (χ4v) is 3.52. The van der Waals surface area contributed by atoms with Crippen molar-refractivity contribution < 1.29 is 10.1 Å². The van der Waals surface area contributed by atoms with Gasteiger partial charge < -0.3 is 10.6 Å². The first-order valence-corrected chi connectivity index (χ1v) is 9.93. The number of hydrogen-bond acceptors (Lipinski definition) is 1. The molecule has 1 atom stereocenters. The van der Waals surface area contributed by atoms with Crippen LogP contribution in [0.4, 0.5) is 5.69 Å². The van der Waals surface area contributed by atoms with Crippen LogP contribution in [0.1, 0.15) is 36.6 Å². The fourth-order valence-electron chi connectivity index (χ4n) is 3.52. The van der Waals surface area contributed by atoms with Crippen molar-refractivity contribution in [3.63, 3.8) is 0 Å². The minimum Gasteiger partial charge on any atom is -0.332 e. The molecule has 0 heterocycles. The molecular formula is C25H29N2O+. The van der Waals surface area contributed by atoms with Crippen molar-refractivity contribution >= 4 is 11.6 Å². The van der Waals surface area contributed by atoms with Gasteiger partial charge in [-0.05, 0) is 23.6 Å². The van der Waals surface area contributed by atoms with Crippen molar-refractivity contribution in [2.45, 2.75) is 26.3 Å². The Kier molecular flexibility index (Phi) is 6.99. The topological polar surface area (TPSA) is 45.7 Å². The van der Waals surface area contributed by atoms with Crippen molar-refractivity contribution in [3.8, 4) is 0 Å². The van der Waals surface area contributed by atoms with Crippen molar-refractivity contribution in [1.82, 2.24) is 0 Å². The third-order valence-electron chi connectivity index (χ3n) is 4.99. The van der Waals surface area contributed by atoms with Gasteiger partial charge in [-0.15, -0.1) is 0 Å². The second kappa shape index (κ2) is 9.86. The van der Waals surface area contributed by atoms with E-state index in [9.17, 15) is 4.79 Å². The van der Waals surface area contributed by atoms with Crippen LogP contribution in [0.15, 0.2) is 84.9 Å². The largest absolute Gasteiger partial charge is 0.332 e. The van der Waals surface area contributed by atoms with Crippen molar-refractivity contribution in [1.29, 1.82) is 0 Å². The first-order valence-electron chi connectivity index (χ1n) is 9.93. The number of quaternary nitrogens is 1. The van der Waals surface area contributed by atoms with Crippen LogP contribution < -0.4 is 10.6 Å². The summed E-state index contributed by atoms with van der Waals surface area (Å²) in [6.07, 6.45) is 0.805. The fraction of sp³-hybridized carbons (Fsp3) is 0.240. The number of amides is 1. The third kappa shape index (κ3) is 5.54. The Morgan fingerprint density at radius 3 is 2.14 bits per heavy atom. The van der Waals surface area contributed by atoms with Gasteiger partial charge in [-0.3, -0.25) is 4.79 Å². The van der Waals surface area contributed by atoms with E-state index < -0.39 is 0 Å². The molecule has 1 amide bonds. The second-order valence-corrected chi connectivity index (χ2v) is 7.49. The number of benzene rings is 3. The Balaban J connectivity index is 1.63. The van der Waals surface area contributed by atoms with Crippen LogP contribution >= 0.6 is 0 Å². The zero-order chi connectivity index (χ0) is 19.8. The lowest BCUT2D eigenvalue weighted by Crippen LogP contribution is -2.88. The van der Waals surface area contributed by atoms with Crippen LogP contribution in [0.25, 0.3) is 0 Å². The minimum atomic E-state index is 0.0297. The second-order valence-electron chi connectivity index (χ2n) is 7.49. The van der Waals surface area contributed by atoms with Gasteiger partial charge in [0.25, 0.3) is 5.91 Å². The molecule has 0 aliphatic carbocycles. The van der Waals surface area contributed by atoms with E-state index in [1.54, 1.807) is 0 Å². The molecule has 3 aromatic carbocycles. The van der Waals surface area contributed by atoms with Gasteiger partial charge in [-0.1, -0.05) is 92.7 Å². The third-order valence-corrected chi connectivity index (χ3v) is 4.99. The van der Waals surface area contributed by atoms with E-state index in [2.05, 4.69) is 66.9 Å². The van der Waals surface area contributed by atoms with E-state index in [4.69, 9.17) is 0 Å². The number of anilines is 1. The van der Waals surface area contributed by atoms with Crippen LogP contribution in [0.5, 0.6) is 0 Å². The molecule has 0 aliphatic rings. The summed E-state index contributed by atoms with van der Waals surface area (Å²) < 4.78 is 0. The van der Waals surface area contributed by atoms with Gasteiger partial charge >= 0.3 is 0 Å². The van der Waals surface area contributed by atoms with Crippen molar-refractivity contribution in [2.24, 2.45) is 5.92 Å². The lowest BCUT2D eigenvalue weighted by atomic mass is 9.96. The van der Waals surface area contributed by atoms with Crippen molar-refractivity contribution in [3.05, 3.63) is 102 Å². The molecule has 3 N–H and O–H groups in total. The maximum Gasteiger partial charge on any atom is 0.279 e. The number of para-hydroxylation sites is 1. The molecule has 0 bridgehead atoms. The highest BCUT2D eigenvalue weighted by Crippen LogP contribution is 2.19. The maximum absolute atomic E-state index is 12.6. The molecule has 3 aromatic rings. The lowest BCUT2D eigenvalue weighted by Gasteiger charge is -2.19. The van der Waals surface area contributed by atoms with Crippen LogP contribution in [0.3, 0.4) is 0 Å². The molecule has 0 aromatic heterocycles. The van der Waals surface area contributed by atoms with E-state index >= 15 is 0 Å². The highest BCUT2D eigenvalue weighted by atomic mass is 16.1. The summed E-state index contributed by atoms with van der Waals surface area (Å²) in [4.78, 5) is 12.6. The van der Waals surface area contributed by atoms with Gasteiger partial charge in [0.1, 0.15) is 6.04 Å². The molecule has 0 radical (unpaired) electrons. The molecular weight excluding hydrogens is 344 g/mol. The standard InChI is InChI=1S/C25H28N2O/c1-19(2)25(21-13-7-4-8-14-21)26-18-24(28)27-23-16-10-9-15-22(23)17-20-11-5-3-6-12-20/h3-16,19,25-26H,17-18H2,1-2H3,(H,27,28)/p+1/t25-/m1/s1. The number of nitrogens with two attached hydrogens (primary N) is 1. The van der Waals surface area contributed by atoms with Crippen LogP contribution in [0.2, 0.25) is 0 Å². The number of carbonyl (C=O) groups excluding carboxylic acids is 1. The predicted octanol–water partition coefficient (Wildman–Crippen LogP) is 4.18. The van der Waals surface area contributed by atoms with E-state index in [0.717, 1.165) is 17.7 Å². The highest BCUT2D eigenvalue weighted by molar-refractivity contribution is 5.92. The average Bonchev–Trinajstić information content (AvgIpc) is 2.71. The predicted molar refractivity (Wildman–Crippen MR) is 115 cm³/mol. The maximum atomic E-state index is 12.6. The zero-order valence-corrected chi connectivity index (χ0v) is 16.6. The smallest absolute Gasteiger partial charge is 0.279 e. The average molecular weight is 374 g/mol. The van der Waals surface area contributed by atoms with E-state index in [1.807, 2.05) is 42.5 Å². The van der Waals surface area contributed by atoms with Gasteiger partial charge in [0.15, 0.2) is 6.54 Å².